The van der Waals surface area contributed by atoms with E-state index in [1.54, 1.807) is 0 Å². The van der Waals surface area contributed by atoms with E-state index >= 15 is 0 Å². The van der Waals surface area contributed by atoms with E-state index in [4.69, 9.17) is 14.2 Å². The first kappa shape index (κ1) is 18.7. The van der Waals surface area contributed by atoms with E-state index < -0.39 is 0 Å². The lowest BCUT2D eigenvalue weighted by molar-refractivity contribution is -0.157. The molecule has 0 amide bonds. The first-order valence-electron chi connectivity index (χ1n) is 9.12. The molecular weight excluding hydrogens is 334 g/mol. The minimum Gasteiger partial charge on any atom is -0.482 e. The van der Waals surface area contributed by atoms with E-state index in [0.29, 0.717) is 12.2 Å². The Kier molecular flexibility index (Phi) is 5.51. The Morgan fingerprint density at radius 3 is 2.58 bits per heavy atom. The smallest absolute Gasteiger partial charge is 0.344 e. The summed E-state index contributed by atoms with van der Waals surface area (Å²) < 4.78 is 16.6. The lowest BCUT2D eigenvalue weighted by Gasteiger charge is -2.36. The molecule has 2 fully saturated rings. The average molecular weight is 361 g/mol. The highest BCUT2D eigenvalue weighted by Gasteiger charge is 2.47. The van der Waals surface area contributed by atoms with E-state index in [0.717, 1.165) is 18.4 Å². The molecule has 3 rings (SSSR count). The third-order valence-electron chi connectivity index (χ3n) is 5.52. The van der Waals surface area contributed by atoms with Gasteiger partial charge >= 0.3 is 11.9 Å². The van der Waals surface area contributed by atoms with Gasteiger partial charge in [-0.25, -0.2) is 4.79 Å². The van der Waals surface area contributed by atoms with Crippen molar-refractivity contribution < 1.29 is 23.8 Å². The van der Waals surface area contributed by atoms with Gasteiger partial charge in [-0.1, -0.05) is 6.07 Å². The number of piperidine rings is 1. The molecule has 1 aromatic carbocycles. The molecule has 0 spiro atoms. The van der Waals surface area contributed by atoms with Crippen LogP contribution in [0.25, 0.3) is 0 Å². The summed E-state index contributed by atoms with van der Waals surface area (Å²) in [6, 6.07) is 6.13. The molecule has 142 valence electrons. The zero-order chi connectivity index (χ0) is 18.8. The van der Waals surface area contributed by atoms with Gasteiger partial charge in [0.05, 0.1) is 6.04 Å². The SMILES string of the molecule is CC(=O)OC1CC2CC(OC(=O)COc3ccc(C)c(C)c3)CC1N2C. The van der Waals surface area contributed by atoms with Crippen LogP contribution >= 0.6 is 0 Å². The number of likely N-dealkylation sites (N-methyl/N-ethyl adjacent to an activating group) is 1. The van der Waals surface area contributed by atoms with Crippen molar-refractivity contribution in [3.63, 3.8) is 0 Å². The van der Waals surface area contributed by atoms with Crippen LogP contribution in [0.4, 0.5) is 0 Å². The van der Waals surface area contributed by atoms with E-state index in [2.05, 4.69) is 4.90 Å². The number of benzene rings is 1. The van der Waals surface area contributed by atoms with Gasteiger partial charge in [0.25, 0.3) is 0 Å². The summed E-state index contributed by atoms with van der Waals surface area (Å²) in [6.45, 7) is 5.38. The van der Waals surface area contributed by atoms with Crippen molar-refractivity contribution in [1.29, 1.82) is 0 Å². The van der Waals surface area contributed by atoms with Crippen LogP contribution in [0.1, 0.15) is 37.3 Å². The van der Waals surface area contributed by atoms with Gasteiger partial charge in [-0.2, -0.15) is 0 Å². The van der Waals surface area contributed by atoms with Gasteiger partial charge in [0, 0.05) is 32.2 Å². The minimum absolute atomic E-state index is 0.0997. The molecular formula is C20H27NO5. The number of nitrogens with zero attached hydrogens (tertiary/aromatic N) is 1. The molecule has 0 N–H and O–H groups in total. The number of esters is 2. The predicted molar refractivity (Wildman–Crippen MR) is 96.0 cm³/mol. The lowest BCUT2D eigenvalue weighted by Crippen LogP contribution is -2.46. The molecule has 2 saturated heterocycles. The maximum absolute atomic E-state index is 12.2. The van der Waals surface area contributed by atoms with Crippen LogP contribution in [0.15, 0.2) is 18.2 Å². The first-order chi connectivity index (χ1) is 12.3. The number of hydrogen-bond donors (Lipinski definition) is 0. The van der Waals surface area contributed by atoms with Crippen molar-refractivity contribution in [2.24, 2.45) is 0 Å². The Morgan fingerprint density at radius 2 is 1.88 bits per heavy atom. The van der Waals surface area contributed by atoms with Gasteiger partial charge in [-0.3, -0.25) is 9.69 Å². The summed E-state index contributed by atoms with van der Waals surface area (Å²) in [5.41, 5.74) is 2.31. The molecule has 4 unspecified atom stereocenters. The second-order valence-electron chi connectivity index (χ2n) is 7.39. The monoisotopic (exact) mass is 361 g/mol. The topological polar surface area (TPSA) is 65.1 Å². The third kappa shape index (κ3) is 4.18. The van der Waals surface area contributed by atoms with Gasteiger partial charge in [0.2, 0.25) is 0 Å². The summed E-state index contributed by atoms with van der Waals surface area (Å²) in [4.78, 5) is 25.7. The van der Waals surface area contributed by atoms with Crippen LogP contribution in [-0.2, 0) is 19.1 Å². The van der Waals surface area contributed by atoms with Crippen LogP contribution < -0.4 is 4.74 Å². The number of ether oxygens (including phenoxy) is 3. The highest BCUT2D eigenvalue weighted by molar-refractivity contribution is 5.71. The quantitative estimate of drug-likeness (QED) is 0.751. The van der Waals surface area contributed by atoms with Crippen molar-refractivity contribution in [3.05, 3.63) is 29.3 Å². The fourth-order valence-corrected chi connectivity index (χ4v) is 3.98. The van der Waals surface area contributed by atoms with Crippen molar-refractivity contribution in [2.45, 2.75) is 64.3 Å². The maximum Gasteiger partial charge on any atom is 0.344 e. The van der Waals surface area contributed by atoms with Gasteiger partial charge in [-0.05, 0) is 44.2 Å². The molecule has 1 aromatic rings. The summed E-state index contributed by atoms with van der Waals surface area (Å²) in [6.07, 6.45) is 1.98. The Hall–Kier alpha value is -2.08. The minimum atomic E-state index is -0.360. The Bertz CT molecular complexity index is 689. The largest absolute Gasteiger partial charge is 0.482 e. The van der Waals surface area contributed by atoms with Crippen LogP contribution in [0.3, 0.4) is 0 Å². The highest BCUT2D eigenvalue weighted by Crippen LogP contribution is 2.37. The molecule has 0 aliphatic carbocycles. The number of carbonyl (C=O) groups excluding carboxylic acids is 2. The molecule has 6 heteroatoms. The van der Waals surface area contributed by atoms with Crippen molar-refractivity contribution in [3.8, 4) is 5.75 Å². The number of hydrogen-bond acceptors (Lipinski definition) is 6. The number of rotatable bonds is 5. The molecule has 26 heavy (non-hydrogen) atoms. The highest BCUT2D eigenvalue weighted by atomic mass is 16.6. The molecule has 2 heterocycles. The van der Waals surface area contributed by atoms with Gasteiger partial charge in [0.1, 0.15) is 18.0 Å². The molecule has 0 saturated carbocycles. The molecule has 4 atom stereocenters. The maximum atomic E-state index is 12.2. The zero-order valence-electron chi connectivity index (χ0n) is 15.9. The summed E-state index contributed by atoms with van der Waals surface area (Å²) in [5.74, 6) is 0.0518. The molecule has 6 nitrogen and oxygen atoms in total. The molecule has 2 aliphatic rings. The molecule has 2 bridgehead atoms. The summed E-state index contributed by atoms with van der Waals surface area (Å²) >= 11 is 0. The van der Waals surface area contributed by atoms with E-state index in [-0.39, 0.29) is 42.8 Å². The lowest BCUT2D eigenvalue weighted by atomic mass is 10.0. The third-order valence-corrected chi connectivity index (χ3v) is 5.52. The number of carbonyl (C=O) groups is 2. The molecule has 2 aliphatic heterocycles. The fraction of sp³-hybridized carbons (Fsp3) is 0.600. The average Bonchev–Trinajstić information content (AvgIpc) is 2.74. The van der Waals surface area contributed by atoms with E-state index in [1.165, 1.54) is 12.5 Å². The number of aryl methyl sites for hydroxylation is 2. The van der Waals surface area contributed by atoms with E-state index in [1.807, 2.05) is 39.1 Å². The van der Waals surface area contributed by atoms with Crippen LogP contribution in [0.5, 0.6) is 5.75 Å². The second-order valence-corrected chi connectivity index (χ2v) is 7.39. The van der Waals surface area contributed by atoms with Crippen LogP contribution in [0, 0.1) is 13.8 Å². The zero-order valence-corrected chi connectivity index (χ0v) is 15.9. The van der Waals surface area contributed by atoms with Crippen LogP contribution in [0.2, 0.25) is 0 Å². The Balaban J connectivity index is 1.51. The fourth-order valence-electron chi connectivity index (χ4n) is 3.98. The van der Waals surface area contributed by atoms with Gasteiger partial charge < -0.3 is 14.2 Å². The Labute approximate surface area is 154 Å². The molecule has 0 aromatic heterocycles. The number of fused-ring (bicyclic) bond motifs is 2. The van der Waals surface area contributed by atoms with E-state index in [9.17, 15) is 9.59 Å². The van der Waals surface area contributed by atoms with Gasteiger partial charge in [0.15, 0.2) is 6.61 Å². The van der Waals surface area contributed by atoms with Gasteiger partial charge in [-0.15, -0.1) is 0 Å². The first-order valence-corrected chi connectivity index (χ1v) is 9.12. The van der Waals surface area contributed by atoms with Crippen LogP contribution in [-0.4, -0.2) is 54.8 Å². The normalized spacial score (nSPS) is 27.8. The van der Waals surface area contributed by atoms with Crippen molar-refractivity contribution in [2.75, 3.05) is 13.7 Å². The van der Waals surface area contributed by atoms with Crippen molar-refractivity contribution >= 4 is 11.9 Å². The standard InChI is InChI=1S/C20H27NO5/c1-12-5-6-16(7-13(12)2)24-11-20(23)26-17-8-15-9-19(25-14(3)22)18(10-17)21(15)4/h5-7,15,17-19H,8-11H2,1-4H3. The summed E-state index contributed by atoms with van der Waals surface area (Å²) in [7, 11) is 2.04. The van der Waals surface area contributed by atoms with Crippen molar-refractivity contribution in [1.82, 2.24) is 4.90 Å². The predicted octanol–water partition coefficient (Wildman–Crippen LogP) is 2.39. The molecule has 0 radical (unpaired) electrons. The second kappa shape index (κ2) is 7.66. The summed E-state index contributed by atoms with van der Waals surface area (Å²) in [5, 5.41) is 0. The Morgan fingerprint density at radius 1 is 1.12 bits per heavy atom.